The average Bonchev–Trinajstić information content (AvgIpc) is 3.34. The van der Waals surface area contributed by atoms with Crippen LogP contribution in [-0.4, -0.2) is 32.3 Å². The van der Waals surface area contributed by atoms with Crippen molar-refractivity contribution in [1.82, 2.24) is 14.8 Å². The van der Waals surface area contributed by atoms with E-state index >= 15 is 0 Å². The number of pyridine rings is 1. The highest BCUT2D eigenvalue weighted by atomic mass is 32.2. The third-order valence-corrected chi connectivity index (χ3v) is 6.22. The number of amides is 2. The van der Waals surface area contributed by atoms with E-state index in [-0.39, 0.29) is 17.7 Å². The summed E-state index contributed by atoms with van der Waals surface area (Å²) in [7, 11) is 0. The first kappa shape index (κ1) is 22.6. The molecule has 3 N–H and O–H groups in total. The topological polar surface area (TPSA) is 116 Å². The zero-order chi connectivity index (χ0) is 23.7. The van der Waals surface area contributed by atoms with Crippen molar-refractivity contribution < 1.29 is 14.0 Å². The summed E-state index contributed by atoms with van der Waals surface area (Å²) in [5, 5.41) is 8.11. The maximum absolute atomic E-state index is 13.5. The molecule has 8 nitrogen and oxygen atoms in total. The Morgan fingerprint density at radius 3 is 2.64 bits per heavy atom. The summed E-state index contributed by atoms with van der Waals surface area (Å²) in [5.74, 6) is 0.907. The molecule has 4 rings (SSSR count). The lowest BCUT2D eigenvalue weighted by molar-refractivity contribution is -0.115. The molecule has 0 aliphatic heterocycles. The van der Waals surface area contributed by atoms with Crippen molar-refractivity contribution in [2.45, 2.75) is 38.6 Å². The van der Waals surface area contributed by atoms with Gasteiger partial charge in [0.05, 0.1) is 34.3 Å². The van der Waals surface area contributed by atoms with Gasteiger partial charge in [-0.1, -0.05) is 12.1 Å². The third kappa shape index (κ3) is 4.63. The normalized spacial score (nSPS) is 11.3. The van der Waals surface area contributed by atoms with Gasteiger partial charge in [-0.3, -0.25) is 9.59 Å². The average molecular weight is 464 g/mol. The highest BCUT2D eigenvalue weighted by Gasteiger charge is 2.21. The molecule has 3 heterocycles. The first-order chi connectivity index (χ1) is 15.7. The van der Waals surface area contributed by atoms with Crippen LogP contribution in [0.15, 0.2) is 51.9 Å². The van der Waals surface area contributed by atoms with Crippen LogP contribution in [0.5, 0.6) is 0 Å². The number of primary amides is 1. The number of thioether (sulfide) groups is 1. The maximum atomic E-state index is 13.5. The smallest absolute Gasteiger partial charge is 0.256 e. The fourth-order valence-electron chi connectivity index (χ4n) is 3.64. The molecule has 0 spiro atoms. The number of fused-ring (bicyclic) bond motifs is 1. The highest BCUT2D eigenvalue weighted by molar-refractivity contribution is 8.00. The minimum absolute atomic E-state index is 0.0688. The monoisotopic (exact) mass is 463 g/mol. The Kier molecular flexibility index (Phi) is 6.24. The van der Waals surface area contributed by atoms with E-state index in [2.05, 4.69) is 10.4 Å². The van der Waals surface area contributed by atoms with Crippen LogP contribution in [0.2, 0.25) is 0 Å². The van der Waals surface area contributed by atoms with Gasteiger partial charge >= 0.3 is 0 Å². The van der Waals surface area contributed by atoms with E-state index in [1.807, 2.05) is 52.0 Å². The van der Waals surface area contributed by atoms with Crippen LogP contribution in [0.25, 0.3) is 22.3 Å². The Morgan fingerprint density at radius 1 is 1.21 bits per heavy atom. The molecule has 3 aromatic heterocycles. The van der Waals surface area contributed by atoms with Gasteiger partial charge in [-0.25, -0.2) is 9.67 Å². The van der Waals surface area contributed by atoms with E-state index in [4.69, 9.17) is 15.1 Å². The Hall–Kier alpha value is -3.59. The summed E-state index contributed by atoms with van der Waals surface area (Å²) in [6.07, 6.45) is 1.67. The van der Waals surface area contributed by atoms with Crippen molar-refractivity contribution in [2.75, 3.05) is 11.1 Å². The number of hydrogen-bond donors (Lipinski definition) is 2. The molecule has 0 saturated heterocycles. The van der Waals surface area contributed by atoms with E-state index in [1.54, 1.807) is 23.0 Å². The molecule has 0 bridgehead atoms. The van der Waals surface area contributed by atoms with Crippen LogP contribution in [0.1, 0.15) is 41.8 Å². The molecule has 4 aromatic rings. The van der Waals surface area contributed by atoms with Gasteiger partial charge < -0.3 is 15.5 Å². The highest BCUT2D eigenvalue weighted by Crippen LogP contribution is 2.32. The fourth-order valence-corrected chi connectivity index (χ4v) is 4.39. The predicted octanol–water partition coefficient (Wildman–Crippen LogP) is 4.72. The second-order valence-corrected chi connectivity index (χ2v) is 9.02. The number of benzene rings is 1. The number of nitrogens with zero attached hydrogens (tertiary/aromatic N) is 3. The van der Waals surface area contributed by atoms with Crippen molar-refractivity contribution in [3.05, 3.63) is 59.7 Å². The van der Waals surface area contributed by atoms with Crippen LogP contribution in [-0.2, 0) is 4.79 Å². The van der Waals surface area contributed by atoms with Gasteiger partial charge in [0.1, 0.15) is 11.5 Å². The Balaban J connectivity index is 1.79. The van der Waals surface area contributed by atoms with Crippen molar-refractivity contribution >= 4 is 40.3 Å². The van der Waals surface area contributed by atoms with Crippen LogP contribution in [0, 0.1) is 13.8 Å². The molecule has 0 saturated carbocycles. The number of para-hydroxylation sites is 1. The Bertz CT molecular complexity index is 1360. The van der Waals surface area contributed by atoms with E-state index in [0.29, 0.717) is 28.0 Å². The molecular weight excluding hydrogens is 438 g/mol. The lowest BCUT2D eigenvalue weighted by atomic mass is 10.1. The largest absolute Gasteiger partial charge is 0.466 e. The summed E-state index contributed by atoms with van der Waals surface area (Å²) >= 11 is 1.28. The molecule has 33 heavy (non-hydrogen) atoms. The van der Waals surface area contributed by atoms with E-state index < -0.39 is 5.91 Å². The van der Waals surface area contributed by atoms with Gasteiger partial charge in [0.15, 0.2) is 5.65 Å². The molecule has 0 fully saturated rings. The summed E-state index contributed by atoms with van der Waals surface area (Å²) < 4.78 is 7.49. The number of carbonyl (C=O) groups is 2. The minimum Gasteiger partial charge on any atom is -0.466 e. The SMILES string of the molecule is Cc1cc(-c2cc(C(=O)Nc3ccccc3SCC(N)=O)c3cnn(C(C)C)c3n2)c(C)o1. The Labute approximate surface area is 195 Å². The Morgan fingerprint density at radius 2 is 1.97 bits per heavy atom. The minimum atomic E-state index is -0.423. The second-order valence-electron chi connectivity index (χ2n) is 8.01. The zero-order valence-electron chi connectivity index (χ0n) is 18.9. The fraction of sp³-hybridized carbons (Fsp3) is 0.250. The molecular formula is C24H25N5O3S. The predicted molar refractivity (Wildman–Crippen MR) is 129 cm³/mol. The van der Waals surface area contributed by atoms with Gasteiger partial charge in [0.25, 0.3) is 5.91 Å². The molecule has 9 heteroatoms. The van der Waals surface area contributed by atoms with Crippen LogP contribution in [0.3, 0.4) is 0 Å². The number of furan rings is 1. The molecule has 1 aromatic carbocycles. The molecule has 0 aliphatic rings. The van der Waals surface area contributed by atoms with Gasteiger partial charge in [-0.15, -0.1) is 11.8 Å². The van der Waals surface area contributed by atoms with Crippen LogP contribution < -0.4 is 11.1 Å². The zero-order valence-corrected chi connectivity index (χ0v) is 19.7. The number of nitrogens with two attached hydrogens (primary N) is 1. The molecule has 0 aliphatic carbocycles. The lowest BCUT2D eigenvalue weighted by Crippen LogP contribution is -2.15. The number of carbonyl (C=O) groups excluding carboxylic acids is 2. The first-order valence-corrected chi connectivity index (χ1v) is 11.5. The number of aromatic nitrogens is 3. The van der Waals surface area contributed by atoms with Crippen LogP contribution in [0.4, 0.5) is 5.69 Å². The summed E-state index contributed by atoms with van der Waals surface area (Å²) in [6.45, 7) is 7.78. The van der Waals surface area contributed by atoms with E-state index in [9.17, 15) is 9.59 Å². The molecule has 170 valence electrons. The number of hydrogen-bond acceptors (Lipinski definition) is 6. The molecule has 0 unspecified atom stereocenters. The van der Waals surface area contributed by atoms with Gasteiger partial charge in [0, 0.05) is 16.5 Å². The van der Waals surface area contributed by atoms with Gasteiger partial charge in [-0.2, -0.15) is 5.10 Å². The van der Waals surface area contributed by atoms with Crippen molar-refractivity contribution in [2.24, 2.45) is 5.73 Å². The molecule has 2 amide bonds. The van der Waals surface area contributed by atoms with E-state index in [1.165, 1.54) is 11.8 Å². The molecule has 0 radical (unpaired) electrons. The lowest BCUT2D eigenvalue weighted by Gasteiger charge is -2.12. The van der Waals surface area contributed by atoms with Crippen molar-refractivity contribution in [3.63, 3.8) is 0 Å². The van der Waals surface area contributed by atoms with E-state index in [0.717, 1.165) is 22.0 Å². The standard InChI is InChI=1S/C24H25N5O3S/c1-13(2)29-23-18(11-26-29)17(10-20(27-23)16-9-14(3)32-15(16)4)24(31)28-19-7-5-6-8-21(19)33-12-22(25)30/h5-11,13H,12H2,1-4H3,(H2,25,30)(H,28,31). The van der Waals surface area contributed by atoms with Crippen LogP contribution >= 0.6 is 11.8 Å². The maximum Gasteiger partial charge on any atom is 0.256 e. The summed E-state index contributed by atoms with van der Waals surface area (Å²) in [5.41, 5.74) is 8.44. The van der Waals surface area contributed by atoms with Crippen molar-refractivity contribution in [3.8, 4) is 11.3 Å². The first-order valence-electron chi connectivity index (χ1n) is 10.5. The molecule has 0 atom stereocenters. The number of rotatable bonds is 7. The van der Waals surface area contributed by atoms with Gasteiger partial charge in [0.2, 0.25) is 5.91 Å². The summed E-state index contributed by atoms with van der Waals surface area (Å²) in [4.78, 5) is 30.3. The van der Waals surface area contributed by atoms with Gasteiger partial charge in [-0.05, 0) is 52.0 Å². The number of aryl methyl sites for hydroxylation is 2. The summed E-state index contributed by atoms with van der Waals surface area (Å²) in [6, 6.07) is 11.0. The third-order valence-electron chi connectivity index (χ3n) is 5.12. The van der Waals surface area contributed by atoms with Crippen molar-refractivity contribution in [1.29, 1.82) is 0 Å². The number of nitrogens with one attached hydrogen (secondary N) is 1. The quantitative estimate of drug-likeness (QED) is 0.383. The second kappa shape index (κ2) is 9.11. The number of anilines is 1.